The number of anilines is 2. The average Bonchev–Trinajstić information content (AvgIpc) is 2.74. The standard InChI is InChI=1S/C22H20N2O2/c1-3-7-18(8-4-1)23-13-17-11-12-21-20(22(17)26-16-23)14-24(15-25-21)19-9-5-2-6-10-19/h1-12H,13-16H2. The van der Waals surface area contributed by atoms with Crippen LogP contribution in [0.2, 0.25) is 0 Å². The Bertz CT molecular complexity index is 912. The predicted molar refractivity (Wildman–Crippen MR) is 103 cm³/mol. The second-order valence-electron chi connectivity index (χ2n) is 6.64. The second-order valence-corrected chi connectivity index (χ2v) is 6.64. The Morgan fingerprint density at radius 3 is 1.92 bits per heavy atom. The van der Waals surface area contributed by atoms with Gasteiger partial charge in [-0.15, -0.1) is 0 Å². The SMILES string of the molecule is c1ccc(N2COc3c(ccc4c3CN(c3ccccc3)CO4)C2)cc1. The largest absolute Gasteiger partial charge is 0.473 e. The van der Waals surface area contributed by atoms with E-state index in [-0.39, 0.29) is 0 Å². The molecule has 0 atom stereocenters. The number of ether oxygens (including phenoxy) is 2. The van der Waals surface area contributed by atoms with Crippen LogP contribution in [0.25, 0.3) is 0 Å². The number of hydrogen-bond acceptors (Lipinski definition) is 4. The molecule has 0 aromatic heterocycles. The van der Waals surface area contributed by atoms with Gasteiger partial charge < -0.3 is 19.3 Å². The summed E-state index contributed by atoms with van der Waals surface area (Å²) < 4.78 is 12.2. The smallest absolute Gasteiger partial charge is 0.161 e. The third-order valence-electron chi connectivity index (χ3n) is 4.99. The Hall–Kier alpha value is -3.14. The van der Waals surface area contributed by atoms with Gasteiger partial charge in [0.05, 0.1) is 12.1 Å². The van der Waals surface area contributed by atoms with Crippen molar-refractivity contribution in [2.24, 2.45) is 0 Å². The molecule has 0 saturated heterocycles. The highest BCUT2D eigenvalue weighted by Crippen LogP contribution is 2.40. The number of nitrogens with zero attached hydrogens (tertiary/aromatic N) is 2. The predicted octanol–water partition coefficient (Wildman–Crippen LogP) is 4.40. The summed E-state index contributed by atoms with van der Waals surface area (Å²) in [6.07, 6.45) is 0. The van der Waals surface area contributed by atoms with E-state index in [1.165, 1.54) is 11.3 Å². The summed E-state index contributed by atoms with van der Waals surface area (Å²) >= 11 is 0. The molecule has 2 aliphatic rings. The van der Waals surface area contributed by atoms with Crippen molar-refractivity contribution in [3.8, 4) is 11.5 Å². The van der Waals surface area contributed by atoms with Crippen LogP contribution < -0.4 is 19.3 Å². The van der Waals surface area contributed by atoms with Crippen molar-refractivity contribution in [1.29, 1.82) is 0 Å². The van der Waals surface area contributed by atoms with Gasteiger partial charge in [0.2, 0.25) is 0 Å². The fraction of sp³-hybridized carbons (Fsp3) is 0.182. The first-order chi connectivity index (χ1) is 12.9. The molecule has 0 bridgehead atoms. The van der Waals surface area contributed by atoms with E-state index in [0.29, 0.717) is 13.5 Å². The molecule has 4 nitrogen and oxygen atoms in total. The minimum atomic E-state index is 0.554. The normalized spacial score (nSPS) is 15.5. The summed E-state index contributed by atoms with van der Waals surface area (Å²) in [6, 6.07) is 25.0. The van der Waals surface area contributed by atoms with Crippen molar-refractivity contribution >= 4 is 11.4 Å². The van der Waals surface area contributed by atoms with Crippen LogP contribution in [0.1, 0.15) is 11.1 Å². The first-order valence-corrected chi connectivity index (χ1v) is 8.89. The molecule has 0 amide bonds. The van der Waals surface area contributed by atoms with Crippen molar-refractivity contribution in [3.63, 3.8) is 0 Å². The first-order valence-electron chi connectivity index (χ1n) is 8.89. The zero-order valence-corrected chi connectivity index (χ0v) is 14.5. The topological polar surface area (TPSA) is 24.9 Å². The van der Waals surface area contributed by atoms with Crippen LogP contribution in [0.5, 0.6) is 11.5 Å². The third-order valence-corrected chi connectivity index (χ3v) is 4.99. The Kier molecular flexibility index (Phi) is 3.67. The van der Waals surface area contributed by atoms with Gasteiger partial charge in [-0.05, 0) is 36.4 Å². The van der Waals surface area contributed by atoms with Gasteiger partial charge in [-0.1, -0.05) is 36.4 Å². The molecule has 130 valence electrons. The van der Waals surface area contributed by atoms with E-state index in [1.807, 2.05) is 12.1 Å². The zero-order chi connectivity index (χ0) is 17.3. The maximum atomic E-state index is 6.19. The lowest BCUT2D eigenvalue weighted by atomic mass is 10.0. The Morgan fingerprint density at radius 1 is 0.615 bits per heavy atom. The van der Waals surface area contributed by atoms with E-state index in [1.54, 1.807) is 0 Å². The average molecular weight is 344 g/mol. The molecule has 0 unspecified atom stereocenters. The highest BCUT2D eigenvalue weighted by molar-refractivity contribution is 5.58. The van der Waals surface area contributed by atoms with Gasteiger partial charge in [-0.2, -0.15) is 0 Å². The number of fused-ring (bicyclic) bond motifs is 3. The lowest BCUT2D eigenvalue weighted by molar-refractivity contribution is 0.260. The van der Waals surface area contributed by atoms with Crippen molar-refractivity contribution in [3.05, 3.63) is 83.9 Å². The van der Waals surface area contributed by atoms with E-state index in [9.17, 15) is 0 Å². The van der Waals surface area contributed by atoms with Crippen LogP contribution in [-0.2, 0) is 13.1 Å². The molecule has 0 N–H and O–H groups in total. The Morgan fingerprint density at radius 2 is 1.23 bits per heavy atom. The van der Waals surface area contributed by atoms with Crippen LogP contribution in [0.15, 0.2) is 72.8 Å². The molecule has 0 aliphatic carbocycles. The van der Waals surface area contributed by atoms with Crippen LogP contribution in [0.4, 0.5) is 11.4 Å². The van der Waals surface area contributed by atoms with Crippen LogP contribution in [-0.4, -0.2) is 13.5 Å². The highest BCUT2D eigenvalue weighted by atomic mass is 16.5. The van der Waals surface area contributed by atoms with Gasteiger partial charge in [-0.3, -0.25) is 0 Å². The molecule has 26 heavy (non-hydrogen) atoms. The summed E-state index contributed by atoms with van der Waals surface area (Å²) in [4.78, 5) is 4.48. The maximum Gasteiger partial charge on any atom is 0.161 e. The van der Waals surface area contributed by atoms with Crippen LogP contribution in [0.3, 0.4) is 0 Å². The molecule has 0 fully saturated rings. The zero-order valence-electron chi connectivity index (χ0n) is 14.5. The van der Waals surface area contributed by atoms with Gasteiger partial charge in [0.15, 0.2) is 13.5 Å². The summed E-state index contributed by atoms with van der Waals surface area (Å²) in [6.45, 7) is 2.76. The number of rotatable bonds is 2. The molecular weight excluding hydrogens is 324 g/mol. The highest BCUT2D eigenvalue weighted by Gasteiger charge is 2.27. The minimum Gasteiger partial charge on any atom is -0.473 e. The molecule has 4 heteroatoms. The summed E-state index contributed by atoms with van der Waals surface area (Å²) in [5.41, 5.74) is 4.69. The van der Waals surface area contributed by atoms with E-state index < -0.39 is 0 Å². The van der Waals surface area contributed by atoms with Gasteiger partial charge in [0, 0.05) is 23.5 Å². The maximum absolute atomic E-state index is 6.19. The molecule has 3 aromatic carbocycles. The van der Waals surface area contributed by atoms with Gasteiger partial charge in [-0.25, -0.2) is 0 Å². The quantitative estimate of drug-likeness (QED) is 0.688. The summed E-state index contributed by atoms with van der Waals surface area (Å²) in [5.74, 6) is 1.92. The Balaban J connectivity index is 1.45. The molecular formula is C22H20N2O2. The molecule has 0 radical (unpaired) electrons. The summed E-state index contributed by atoms with van der Waals surface area (Å²) in [5, 5.41) is 0. The van der Waals surface area contributed by atoms with Crippen molar-refractivity contribution in [2.45, 2.75) is 13.1 Å². The number of para-hydroxylation sites is 2. The lowest BCUT2D eigenvalue weighted by Crippen LogP contribution is -2.35. The second kappa shape index (κ2) is 6.30. The van der Waals surface area contributed by atoms with E-state index in [0.717, 1.165) is 35.8 Å². The molecule has 3 aromatic rings. The fourth-order valence-corrected chi connectivity index (χ4v) is 3.63. The molecule has 5 rings (SSSR count). The molecule has 0 saturated carbocycles. The molecule has 2 aliphatic heterocycles. The molecule has 2 heterocycles. The van der Waals surface area contributed by atoms with Crippen molar-refractivity contribution in [2.75, 3.05) is 23.3 Å². The van der Waals surface area contributed by atoms with Crippen LogP contribution >= 0.6 is 0 Å². The number of hydrogen-bond donors (Lipinski definition) is 0. The number of benzene rings is 3. The monoisotopic (exact) mass is 344 g/mol. The third kappa shape index (κ3) is 2.64. The summed E-state index contributed by atoms with van der Waals surface area (Å²) in [7, 11) is 0. The lowest BCUT2D eigenvalue weighted by Gasteiger charge is -2.36. The first kappa shape index (κ1) is 15.1. The van der Waals surface area contributed by atoms with Gasteiger partial charge in [0.25, 0.3) is 0 Å². The van der Waals surface area contributed by atoms with E-state index in [2.05, 4.69) is 70.5 Å². The van der Waals surface area contributed by atoms with Crippen molar-refractivity contribution < 1.29 is 9.47 Å². The van der Waals surface area contributed by atoms with Gasteiger partial charge in [0.1, 0.15) is 11.5 Å². The van der Waals surface area contributed by atoms with E-state index in [4.69, 9.17) is 9.47 Å². The Labute approximate surface area is 153 Å². The van der Waals surface area contributed by atoms with Crippen LogP contribution in [0, 0.1) is 0 Å². The van der Waals surface area contributed by atoms with E-state index >= 15 is 0 Å². The van der Waals surface area contributed by atoms with Gasteiger partial charge >= 0.3 is 0 Å². The molecule has 0 spiro atoms. The fourth-order valence-electron chi connectivity index (χ4n) is 3.63. The minimum absolute atomic E-state index is 0.554. The van der Waals surface area contributed by atoms with Crippen molar-refractivity contribution in [1.82, 2.24) is 0 Å².